The molecule has 0 rings (SSSR count). The maximum absolute atomic E-state index is 6.40. The first-order chi connectivity index (χ1) is 9.83. The first-order valence-electron chi connectivity index (χ1n) is 8.77. The molecule has 0 saturated carbocycles. The number of rotatable bonds is 0. The summed E-state index contributed by atoms with van der Waals surface area (Å²) < 4.78 is 19.2. The Labute approximate surface area is 134 Å². The van der Waals surface area contributed by atoms with E-state index in [1.165, 1.54) is 16.7 Å². The summed E-state index contributed by atoms with van der Waals surface area (Å²) >= 11 is 0. The lowest BCUT2D eigenvalue weighted by Gasteiger charge is -2.20. The van der Waals surface area contributed by atoms with E-state index < -0.39 is 6.85 Å². The van der Waals surface area contributed by atoms with E-state index in [4.69, 9.17) is 4.11 Å². The fourth-order valence-electron chi connectivity index (χ4n) is 1.62. The molecule has 0 aromatic heterocycles. The molecule has 0 atom stereocenters. The zero-order valence-corrected chi connectivity index (χ0v) is 15.9. The second kappa shape index (κ2) is 10.9. The fourth-order valence-corrected chi connectivity index (χ4v) is 1.62. The Morgan fingerprint density at radius 2 is 1.25 bits per heavy atom. The molecule has 0 heteroatoms. The topological polar surface area (TPSA) is 0 Å². The van der Waals surface area contributed by atoms with Crippen LogP contribution in [0.15, 0.2) is 35.5 Å². The normalized spacial score (nSPS) is 13.1. The largest absolute Gasteiger partial charge is 0.103 e. The Morgan fingerprint density at radius 3 is 1.25 bits per heavy atom. The molecule has 0 aliphatic rings. The third kappa shape index (κ3) is 22.4. The van der Waals surface area contributed by atoms with Crippen molar-refractivity contribution in [2.24, 2.45) is 10.8 Å². The van der Waals surface area contributed by atoms with Gasteiger partial charge in [0.2, 0.25) is 0 Å². The van der Waals surface area contributed by atoms with Gasteiger partial charge in [0.1, 0.15) is 0 Å². The van der Waals surface area contributed by atoms with Gasteiger partial charge in [-0.1, -0.05) is 70.4 Å². The van der Waals surface area contributed by atoms with Crippen molar-refractivity contribution in [1.29, 1.82) is 0 Å². The van der Waals surface area contributed by atoms with Gasteiger partial charge in [0, 0.05) is 4.11 Å². The van der Waals surface area contributed by atoms with Crippen molar-refractivity contribution in [3.05, 3.63) is 35.5 Å². The molecule has 0 aliphatic carbocycles. The Kier molecular flexibility index (Phi) is 9.45. The third-order valence-corrected chi connectivity index (χ3v) is 2.60. The van der Waals surface area contributed by atoms with Gasteiger partial charge < -0.3 is 0 Å². The Balaban J connectivity index is -0.000000266. The van der Waals surface area contributed by atoms with Crippen LogP contribution in [0.4, 0.5) is 0 Å². The van der Waals surface area contributed by atoms with Gasteiger partial charge in [-0.3, -0.25) is 0 Å². The summed E-state index contributed by atoms with van der Waals surface area (Å²) in [7, 11) is 0. The molecule has 0 bridgehead atoms. The predicted molar refractivity (Wildman–Crippen MR) is 98.3 cm³/mol. The van der Waals surface area contributed by atoms with Crippen LogP contribution in [0.2, 0.25) is 0 Å². The third-order valence-electron chi connectivity index (χ3n) is 2.60. The molecule has 0 amide bonds. The lowest BCUT2D eigenvalue weighted by molar-refractivity contribution is 0.498. The Morgan fingerprint density at radius 1 is 0.900 bits per heavy atom. The van der Waals surface area contributed by atoms with Crippen LogP contribution in [0, 0.1) is 10.8 Å². The molecule has 0 nitrogen and oxygen atoms in total. The van der Waals surface area contributed by atoms with Crippen LogP contribution < -0.4 is 0 Å². The van der Waals surface area contributed by atoms with E-state index in [9.17, 15) is 0 Å². The molecule has 0 unspecified atom stereocenters. The highest BCUT2D eigenvalue weighted by Gasteiger charge is 2.12. The van der Waals surface area contributed by atoms with Crippen LogP contribution in [0.3, 0.4) is 0 Å². The van der Waals surface area contributed by atoms with Crippen molar-refractivity contribution in [3.8, 4) is 0 Å². The molecule has 0 radical (unpaired) electrons. The van der Waals surface area contributed by atoms with Crippen LogP contribution in [0.5, 0.6) is 0 Å². The molecular weight excluding hydrogens is 240 g/mol. The van der Waals surface area contributed by atoms with Crippen molar-refractivity contribution in [2.45, 2.75) is 83.0 Å². The monoisotopic (exact) mass is 283 g/mol. The van der Waals surface area contributed by atoms with Crippen molar-refractivity contribution in [2.75, 3.05) is 0 Å². The van der Waals surface area contributed by atoms with E-state index in [2.05, 4.69) is 88.8 Å². The quantitative estimate of drug-likeness (QED) is 0.402. The van der Waals surface area contributed by atoms with Crippen LogP contribution in [0.25, 0.3) is 0 Å². The summed E-state index contributed by atoms with van der Waals surface area (Å²) in [5.41, 5.74) is 5.07. The Bertz CT molecular complexity index is 386. The second-order valence-corrected chi connectivity index (χ2v) is 7.67. The average molecular weight is 284 g/mol. The van der Waals surface area contributed by atoms with Crippen LogP contribution in [-0.2, 0) is 0 Å². The highest BCUT2D eigenvalue weighted by atomic mass is 14.2. The molecule has 0 aromatic carbocycles. The molecule has 0 N–H and O–H groups in total. The van der Waals surface area contributed by atoms with Crippen molar-refractivity contribution in [3.63, 3.8) is 0 Å². The molecule has 20 heavy (non-hydrogen) atoms. The summed E-state index contributed by atoms with van der Waals surface area (Å²) in [5.74, 6) is 0. The van der Waals surface area contributed by atoms with Gasteiger partial charge in [0.25, 0.3) is 0 Å². The predicted octanol–water partition coefficient (Wildman–Crippen LogP) is 7.58. The zero-order valence-electron chi connectivity index (χ0n) is 18.9. The first-order valence-corrected chi connectivity index (χ1v) is 7.27. The smallest absolute Gasteiger partial charge is 0.0273 e. The average Bonchev–Trinajstić information content (AvgIpc) is 2.23. The van der Waals surface area contributed by atoms with Crippen LogP contribution in [-0.4, -0.2) is 0 Å². The van der Waals surface area contributed by atoms with Gasteiger partial charge in [-0.25, -0.2) is 0 Å². The molecule has 0 fully saturated rings. The van der Waals surface area contributed by atoms with Gasteiger partial charge in [-0.15, -0.1) is 6.58 Å². The SMILES string of the molecule is CC(C)=C(C)C(C)(C)C.CC(C)=CC(C)(C)C.[2H]C([2H])([2H])C=C. The van der Waals surface area contributed by atoms with E-state index >= 15 is 0 Å². The lowest BCUT2D eigenvalue weighted by atomic mass is 9.85. The lowest BCUT2D eigenvalue weighted by Crippen LogP contribution is -2.07. The number of allylic oxidation sites excluding steroid dienone is 5. The maximum atomic E-state index is 6.40. The molecule has 0 aliphatic heterocycles. The highest BCUT2D eigenvalue weighted by molar-refractivity contribution is 5.13. The summed E-state index contributed by atoms with van der Waals surface area (Å²) in [4.78, 5) is 0. The standard InChI is InChI=1S/C9H18.C8H16.C3H6/c1-7(2)8(3)9(4,5)6;1-7(2)6-8(3,4)5;1-3-2/h1-6H3;6H,1-5H3;3H,1H2,2H3/i;;2D3. The van der Waals surface area contributed by atoms with E-state index in [1.54, 1.807) is 0 Å². The molecule has 0 spiro atoms. The molecule has 0 aromatic rings. The summed E-state index contributed by atoms with van der Waals surface area (Å²) in [6, 6.07) is 0. The van der Waals surface area contributed by atoms with Gasteiger partial charge >= 0.3 is 0 Å². The minimum Gasteiger partial charge on any atom is -0.103 e. The van der Waals surface area contributed by atoms with Gasteiger partial charge in [0.15, 0.2) is 0 Å². The van der Waals surface area contributed by atoms with Crippen molar-refractivity contribution < 1.29 is 4.11 Å². The van der Waals surface area contributed by atoms with E-state index in [0.29, 0.717) is 10.8 Å². The van der Waals surface area contributed by atoms with E-state index in [1.807, 2.05) is 0 Å². The highest BCUT2D eigenvalue weighted by Crippen LogP contribution is 2.26. The minimum absolute atomic E-state index is 0.360. The Hall–Kier alpha value is -0.780. The summed E-state index contributed by atoms with van der Waals surface area (Å²) in [5, 5.41) is 0. The molecule has 0 heterocycles. The summed E-state index contributed by atoms with van der Waals surface area (Å²) in [6.07, 6.45) is 3.21. The molecule has 120 valence electrons. The van der Waals surface area contributed by atoms with Crippen LogP contribution >= 0.6 is 0 Å². The van der Waals surface area contributed by atoms with Gasteiger partial charge in [-0.2, -0.15) is 0 Å². The van der Waals surface area contributed by atoms with E-state index in [0.717, 1.165) is 6.08 Å². The minimum atomic E-state index is -1.94. The van der Waals surface area contributed by atoms with E-state index in [-0.39, 0.29) is 0 Å². The van der Waals surface area contributed by atoms with Gasteiger partial charge in [0.05, 0.1) is 0 Å². The van der Waals surface area contributed by atoms with Crippen molar-refractivity contribution >= 4 is 0 Å². The molecular formula is C20H40. The second-order valence-electron chi connectivity index (χ2n) is 7.67. The van der Waals surface area contributed by atoms with Gasteiger partial charge in [-0.05, 0) is 52.3 Å². The van der Waals surface area contributed by atoms with Crippen LogP contribution in [0.1, 0.15) is 87.1 Å². The molecule has 0 saturated heterocycles. The zero-order chi connectivity index (χ0) is 19.6. The maximum Gasteiger partial charge on any atom is 0.0273 e. The van der Waals surface area contributed by atoms with Crippen molar-refractivity contribution in [1.82, 2.24) is 0 Å². The first kappa shape index (κ1) is 17.3. The summed E-state index contributed by atoms with van der Waals surface area (Å²) in [6.45, 7) is 25.3. The number of hydrogen-bond donors (Lipinski definition) is 0. The fraction of sp³-hybridized carbons (Fsp3) is 0.700. The number of hydrogen-bond acceptors (Lipinski definition) is 0.